The second-order valence-corrected chi connectivity index (χ2v) is 6.83. The van der Waals surface area contributed by atoms with Gasteiger partial charge in [0.2, 0.25) is 0 Å². The molecule has 4 aromatic rings. The van der Waals surface area contributed by atoms with Crippen LogP contribution in [-0.4, -0.2) is 4.57 Å². The monoisotopic (exact) mass is 336 g/mol. The summed E-state index contributed by atoms with van der Waals surface area (Å²) in [6.45, 7) is 0. The van der Waals surface area contributed by atoms with Gasteiger partial charge in [-0.3, -0.25) is 0 Å². The van der Waals surface area contributed by atoms with E-state index in [0.717, 1.165) is 17.5 Å². The van der Waals surface area contributed by atoms with Gasteiger partial charge < -0.3 is 10.3 Å². The molecule has 3 aromatic carbocycles. The van der Waals surface area contributed by atoms with Crippen LogP contribution in [0.5, 0.6) is 0 Å². The normalized spacial score (nSPS) is 16.9. The Morgan fingerprint density at radius 2 is 1.58 bits per heavy atom. The van der Waals surface area contributed by atoms with E-state index in [2.05, 4.69) is 83.5 Å². The Bertz CT molecular complexity index is 1160. The van der Waals surface area contributed by atoms with Gasteiger partial charge in [-0.1, -0.05) is 66.7 Å². The van der Waals surface area contributed by atoms with Crippen LogP contribution in [-0.2, 0) is 0 Å². The summed E-state index contributed by atoms with van der Waals surface area (Å²) in [5, 5.41) is 2.35. The van der Waals surface area contributed by atoms with Crippen LogP contribution in [0.2, 0.25) is 0 Å². The highest BCUT2D eigenvalue weighted by molar-refractivity contribution is 6.15. The maximum Gasteiger partial charge on any atom is 0.0561 e. The molecule has 2 nitrogen and oxygen atoms in total. The van der Waals surface area contributed by atoms with Crippen molar-refractivity contribution in [3.63, 3.8) is 0 Å². The van der Waals surface area contributed by atoms with Crippen molar-refractivity contribution in [3.8, 4) is 0 Å². The molecule has 1 atom stereocenters. The standard InChI is InChI=1S/C24H20N2/c25-21-10-6-12-23-24(21)20-9-4-5-11-22(20)26(23)19-15-13-18(14-16-19)17-7-2-1-3-8-17/h1-13,15-16,18H,14,25H2. The lowest BCUT2D eigenvalue weighted by atomic mass is 9.92. The lowest BCUT2D eigenvalue weighted by Crippen LogP contribution is -2.02. The Labute approximate surface area is 152 Å². The molecule has 2 N–H and O–H groups in total. The summed E-state index contributed by atoms with van der Waals surface area (Å²) >= 11 is 0. The maximum atomic E-state index is 6.31. The van der Waals surface area contributed by atoms with Gasteiger partial charge >= 0.3 is 0 Å². The SMILES string of the molecule is Nc1cccc2c1c1ccccc1n2C1=CCC(c2ccccc2)C=C1. The van der Waals surface area contributed by atoms with E-state index in [-0.39, 0.29) is 0 Å². The van der Waals surface area contributed by atoms with Crippen molar-refractivity contribution in [1.29, 1.82) is 0 Å². The molecule has 0 fully saturated rings. The predicted molar refractivity (Wildman–Crippen MR) is 111 cm³/mol. The fourth-order valence-corrected chi connectivity index (χ4v) is 4.05. The smallest absolute Gasteiger partial charge is 0.0561 e. The summed E-state index contributed by atoms with van der Waals surface area (Å²) in [4.78, 5) is 0. The first kappa shape index (κ1) is 15.0. The second kappa shape index (κ2) is 5.92. The van der Waals surface area contributed by atoms with Crippen molar-refractivity contribution in [2.75, 3.05) is 5.73 Å². The Morgan fingerprint density at radius 3 is 2.38 bits per heavy atom. The van der Waals surface area contributed by atoms with Crippen molar-refractivity contribution in [2.45, 2.75) is 12.3 Å². The number of rotatable bonds is 2. The number of para-hydroxylation sites is 1. The third-order valence-electron chi connectivity index (χ3n) is 5.30. The number of nitrogens with two attached hydrogens (primary N) is 1. The van der Waals surface area contributed by atoms with E-state index >= 15 is 0 Å². The number of anilines is 1. The van der Waals surface area contributed by atoms with E-state index in [1.807, 2.05) is 12.1 Å². The van der Waals surface area contributed by atoms with E-state index < -0.39 is 0 Å². The third-order valence-corrected chi connectivity index (χ3v) is 5.30. The molecular weight excluding hydrogens is 316 g/mol. The number of hydrogen-bond acceptors (Lipinski definition) is 1. The summed E-state index contributed by atoms with van der Waals surface area (Å²) < 4.78 is 2.33. The van der Waals surface area contributed by atoms with Crippen molar-refractivity contribution < 1.29 is 0 Å². The molecular formula is C24H20N2. The Morgan fingerprint density at radius 1 is 0.808 bits per heavy atom. The molecule has 2 heteroatoms. The lowest BCUT2D eigenvalue weighted by molar-refractivity contribution is 0.850. The first-order chi connectivity index (χ1) is 12.8. The summed E-state index contributed by atoms with van der Waals surface area (Å²) in [7, 11) is 0. The molecule has 1 aliphatic carbocycles. The average Bonchev–Trinajstić information content (AvgIpc) is 3.04. The van der Waals surface area contributed by atoms with Gasteiger partial charge in [0.15, 0.2) is 0 Å². The van der Waals surface area contributed by atoms with Crippen LogP contribution in [0.4, 0.5) is 5.69 Å². The molecule has 0 bridgehead atoms. The second-order valence-electron chi connectivity index (χ2n) is 6.83. The molecule has 26 heavy (non-hydrogen) atoms. The Hall–Kier alpha value is -3.26. The number of nitrogens with zero attached hydrogens (tertiary/aromatic N) is 1. The van der Waals surface area contributed by atoms with E-state index in [1.54, 1.807) is 0 Å². The van der Waals surface area contributed by atoms with E-state index in [4.69, 9.17) is 5.73 Å². The number of nitrogen functional groups attached to an aromatic ring is 1. The van der Waals surface area contributed by atoms with Crippen molar-refractivity contribution in [2.24, 2.45) is 0 Å². The van der Waals surface area contributed by atoms with Crippen molar-refractivity contribution >= 4 is 33.2 Å². The van der Waals surface area contributed by atoms with Gasteiger partial charge in [-0.05, 0) is 36.3 Å². The minimum absolute atomic E-state index is 0.443. The van der Waals surface area contributed by atoms with Crippen LogP contribution in [0, 0.1) is 0 Å². The molecule has 0 radical (unpaired) electrons. The van der Waals surface area contributed by atoms with Crippen LogP contribution in [0.25, 0.3) is 27.5 Å². The molecule has 0 aliphatic heterocycles. The molecule has 126 valence electrons. The highest BCUT2D eigenvalue weighted by atomic mass is 15.0. The van der Waals surface area contributed by atoms with Gasteiger partial charge in [0.05, 0.1) is 11.0 Å². The molecule has 1 aliphatic rings. The molecule has 0 amide bonds. The highest BCUT2D eigenvalue weighted by Gasteiger charge is 2.17. The largest absolute Gasteiger partial charge is 0.398 e. The molecule has 1 aromatic heterocycles. The first-order valence-electron chi connectivity index (χ1n) is 9.04. The third kappa shape index (κ3) is 2.26. The summed E-state index contributed by atoms with van der Waals surface area (Å²) in [5.41, 5.74) is 12.1. The number of aromatic nitrogens is 1. The zero-order valence-electron chi connectivity index (χ0n) is 14.5. The topological polar surface area (TPSA) is 30.9 Å². The van der Waals surface area contributed by atoms with Gasteiger partial charge in [0.25, 0.3) is 0 Å². The maximum absolute atomic E-state index is 6.31. The van der Waals surface area contributed by atoms with Gasteiger partial charge in [-0.2, -0.15) is 0 Å². The van der Waals surface area contributed by atoms with Crippen molar-refractivity contribution in [1.82, 2.24) is 4.57 Å². The van der Waals surface area contributed by atoms with E-state index in [9.17, 15) is 0 Å². The quantitative estimate of drug-likeness (QED) is 0.450. The van der Waals surface area contributed by atoms with Crippen molar-refractivity contribution in [3.05, 3.63) is 96.6 Å². The van der Waals surface area contributed by atoms with E-state index in [0.29, 0.717) is 5.92 Å². The van der Waals surface area contributed by atoms with Crippen LogP contribution in [0.1, 0.15) is 17.9 Å². The summed E-state index contributed by atoms with van der Waals surface area (Å²) in [6, 6.07) is 25.4. The number of allylic oxidation sites excluding steroid dienone is 4. The molecule has 5 rings (SSSR count). The number of hydrogen-bond donors (Lipinski definition) is 1. The Kier molecular flexibility index (Phi) is 3.42. The summed E-state index contributed by atoms with van der Waals surface area (Å²) in [6.07, 6.45) is 7.91. The fourth-order valence-electron chi connectivity index (χ4n) is 4.05. The molecule has 0 spiro atoms. The molecule has 0 saturated heterocycles. The number of fused-ring (bicyclic) bond motifs is 3. The number of benzene rings is 3. The molecule has 1 unspecified atom stereocenters. The first-order valence-corrected chi connectivity index (χ1v) is 9.04. The summed E-state index contributed by atoms with van der Waals surface area (Å²) in [5.74, 6) is 0.443. The van der Waals surface area contributed by atoms with Crippen LogP contribution in [0.3, 0.4) is 0 Å². The zero-order chi connectivity index (χ0) is 17.5. The zero-order valence-corrected chi connectivity index (χ0v) is 14.5. The lowest BCUT2D eigenvalue weighted by Gasteiger charge is -2.18. The highest BCUT2D eigenvalue weighted by Crippen LogP contribution is 2.37. The van der Waals surface area contributed by atoms with Crippen LogP contribution >= 0.6 is 0 Å². The molecule has 0 saturated carbocycles. The minimum Gasteiger partial charge on any atom is -0.398 e. The van der Waals surface area contributed by atoms with Crippen LogP contribution in [0.15, 0.2) is 91.0 Å². The van der Waals surface area contributed by atoms with Gasteiger partial charge in [0.1, 0.15) is 0 Å². The minimum atomic E-state index is 0.443. The molecule has 1 heterocycles. The van der Waals surface area contributed by atoms with Gasteiger partial charge in [-0.15, -0.1) is 0 Å². The van der Waals surface area contributed by atoms with E-state index in [1.165, 1.54) is 27.7 Å². The average molecular weight is 336 g/mol. The van der Waals surface area contributed by atoms with Crippen LogP contribution < -0.4 is 5.73 Å². The van der Waals surface area contributed by atoms with Gasteiger partial charge in [0, 0.05) is 28.1 Å². The Balaban J connectivity index is 1.65. The predicted octanol–water partition coefficient (Wildman–Crippen LogP) is 5.96. The fraction of sp³-hybridized carbons (Fsp3) is 0.0833. The van der Waals surface area contributed by atoms with Gasteiger partial charge in [-0.25, -0.2) is 0 Å².